The molecule has 5 heteroatoms. The number of halogens is 1. The van der Waals surface area contributed by atoms with Crippen LogP contribution in [0.1, 0.15) is 18.4 Å². The van der Waals surface area contributed by atoms with Crippen LogP contribution < -0.4 is 10.2 Å². The molecule has 1 aromatic heterocycles. The van der Waals surface area contributed by atoms with Crippen LogP contribution in [0.5, 0.6) is 5.75 Å². The zero-order valence-corrected chi connectivity index (χ0v) is 14.8. The number of hydrogen-bond donors (Lipinski definition) is 2. The van der Waals surface area contributed by atoms with Gasteiger partial charge < -0.3 is 15.3 Å². The van der Waals surface area contributed by atoms with Gasteiger partial charge in [-0.15, -0.1) is 0 Å². The molecule has 4 rings (SSSR count). The minimum absolute atomic E-state index is 0.226. The molecule has 1 aliphatic rings. The van der Waals surface area contributed by atoms with E-state index in [0.29, 0.717) is 5.02 Å². The van der Waals surface area contributed by atoms with Gasteiger partial charge in [0.2, 0.25) is 0 Å². The van der Waals surface area contributed by atoms with E-state index in [4.69, 9.17) is 11.6 Å². The molecule has 4 nitrogen and oxygen atoms in total. The van der Waals surface area contributed by atoms with Crippen molar-refractivity contribution in [1.29, 1.82) is 0 Å². The number of fused-ring (bicyclic) bond motifs is 1. The molecule has 25 heavy (non-hydrogen) atoms. The van der Waals surface area contributed by atoms with Crippen LogP contribution in [0.4, 0.5) is 17.2 Å². The number of pyridine rings is 1. The van der Waals surface area contributed by atoms with Crippen molar-refractivity contribution in [1.82, 2.24) is 4.98 Å². The lowest BCUT2D eigenvalue weighted by atomic mass is 10.1. The Hall–Kier alpha value is -2.46. The summed E-state index contributed by atoms with van der Waals surface area (Å²) in [5.41, 5.74) is 3.55. The number of anilines is 3. The molecular weight excluding hydrogens is 334 g/mol. The maximum atomic E-state index is 10.2. The number of para-hydroxylation sites is 1. The summed E-state index contributed by atoms with van der Waals surface area (Å²) < 4.78 is 0. The van der Waals surface area contributed by atoms with Crippen LogP contribution in [0.2, 0.25) is 5.02 Å². The van der Waals surface area contributed by atoms with Gasteiger partial charge in [0.25, 0.3) is 0 Å². The van der Waals surface area contributed by atoms with Crippen molar-refractivity contribution in [3.05, 3.63) is 53.1 Å². The van der Waals surface area contributed by atoms with Crippen molar-refractivity contribution in [3.8, 4) is 5.75 Å². The third kappa shape index (κ3) is 2.98. The summed E-state index contributed by atoms with van der Waals surface area (Å²) in [5.74, 6) is 0.968. The van der Waals surface area contributed by atoms with E-state index in [1.807, 2.05) is 43.3 Å². The summed E-state index contributed by atoms with van der Waals surface area (Å²) in [6.07, 6.45) is 2.31. The monoisotopic (exact) mass is 353 g/mol. The van der Waals surface area contributed by atoms with Gasteiger partial charge in [-0.3, -0.25) is 0 Å². The largest absolute Gasteiger partial charge is 0.508 e. The lowest BCUT2D eigenvalue weighted by molar-refractivity contribution is 0.471. The first-order valence-corrected chi connectivity index (χ1v) is 8.91. The lowest BCUT2D eigenvalue weighted by Gasteiger charge is -2.25. The number of nitrogens with zero attached hydrogens (tertiary/aromatic N) is 2. The van der Waals surface area contributed by atoms with Gasteiger partial charge in [-0.25, -0.2) is 4.98 Å². The number of phenolic OH excluding ortho intramolecular Hbond substituents is 1. The van der Waals surface area contributed by atoms with E-state index in [0.717, 1.165) is 59.6 Å². The molecule has 2 heterocycles. The van der Waals surface area contributed by atoms with E-state index in [-0.39, 0.29) is 5.75 Å². The number of aromatic nitrogens is 1. The van der Waals surface area contributed by atoms with Crippen molar-refractivity contribution in [2.24, 2.45) is 0 Å². The quantitative estimate of drug-likeness (QED) is 0.632. The molecule has 3 aromatic rings. The van der Waals surface area contributed by atoms with Gasteiger partial charge in [0.1, 0.15) is 11.6 Å². The van der Waals surface area contributed by atoms with Crippen LogP contribution >= 0.6 is 11.6 Å². The molecule has 1 aliphatic heterocycles. The van der Waals surface area contributed by atoms with Crippen molar-refractivity contribution in [2.75, 3.05) is 23.3 Å². The van der Waals surface area contributed by atoms with E-state index in [2.05, 4.69) is 15.2 Å². The number of nitrogens with one attached hydrogen (secondary N) is 1. The molecule has 1 fully saturated rings. The molecule has 0 aliphatic carbocycles. The Kier molecular flexibility index (Phi) is 4.14. The summed E-state index contributed by atoms with van der Waals surface area (Å²) in [5, 5.41) is 15.2. The van der Waals surface area contributed by atoms with Gasteiger partial charge in [0.15, 0.2) is 0 Å². The molecule has 1 saturated heterocycles. The minimum atomic E-state index is 0.226. The molecule has 2 N–H and O–H groups in total. The van der Waals surface area contributed by atoms with Gasteiger partial charge in [0.05, 0.1) is 21.9 Å². The summed E-state index contributed by atoms with van der Waals surface area (Å²) in [6.45, 7) is 3.87. The fourth-order valence-corrected chi connectivity index (χ4v) is 3.68. The highest BCUT2D eigenvalue weighted by molar-refractivity contribution is 6.34. The maximum Gasteiger partial charge on any atom is 0.131 e. The average Bonchev–Trinajstić information content (AvgIpc) is 3.14. The predicted octanol–water partition coefficient (Wildman–Crippen LogP) is 5.25. The second-order valence-corrected chi connectivity index (χ2v) is 6.84. The Bertz CT molecular complexity index is 936. The highest BCUT2D eigenvalue weighted by Crippen LogP contribution is 2.43. The van der Waals surface area contributed by atoms with Crippen LogP contribution in [0.25, 0.3) is 10.9 Å². The Labute approximate surface area is 152 Å². The van der Waals surface area contributed by atoms with Gasteiger partial charge in [-0.1, -0.05) is 29.8 Å². The second-order valence-electron chi connectivity index (χ2n) is 6.43. The summed E-state index contributed by atoms with van der Waals surface area (Å²) in [6, 6.07) is 13.6. The van der Waals surface area contributed by atoms with Crippen molar-refractivity contribution in [3.63, 3.8) is 0 Å². The van der Waals surface area contributed by atoms with Crippen LogP contribution in [0, 0.1) is 6.92 Å². The highest BCUT2D eigenvalue weighted by Gasteiger charge is 2.22. The Morgan fingerprint density at radius 3 is 2.68 bits per heavy atom. The normalized spacial score (nSPS) is 14.2. The first-order chi connectivity index (χ1) is 12.1. The van der Waals surface area contributed by atoms with Crippen molar-refractivity contribution in [2.45, 2.75) is 19.8 Å². The third-order valence-electron chi connectivity index (χ3n) is 4.75. The van der Waals surface area contributed by atoms with E-state index < -0.39 is 0 Å². The standard InChI is InChI=1S/C20H20ClN3O/c1-13-17(25)12-15(21)19(20(13)24-10-4-5-11-24)23-18-9-8-14-6-2-3-7-16(14)22-18/h2-3,6-9,12,25H,4-5,10-11H2,1H3,(H,22,23). The lowest BCUT2D eigenvalue weighted by Crippen LogP contribution is -2.20. The zero-order valence-electron chi connectivity index (χ0n) is 14.1. The fourth-order valence-electron chi connectivity index (χ4n) is 3.44. The second kappa shape index (κ2) is 6.45. The van der Waals surface area contributed by atoms with Crippen LogP contribution in [-0.4, -0.2) is 23.2 Å². The Morgan fingerprint density at radius 2 is 1.88 bits per heavy atom. The van der Waals surface area contributed by atoms with Gasteiger partial charge >= 0.3 is 0 Å². The predicted molar refractivity (Wildman–Crippen MR) is 104 cm³/mol. The molecule has 0 amide bonds. The smallest absolute Gasteiger partial charge is 0.131 e. The molecule has 0 spiro atoms. The number of benzene rings is 2. The summed E-state index contributed by atoms with van der Waals surface area (Å²) in [7, 11) is 0. The highest BCUT2D eigenvalue weighted by atomic mass is 35.5. The van der Waals surface area contributed by atoms with Gasteiger partial charge in [0, 0.05) is 30.1 Å². The van der Waals surface area contributed by atoms with Crippen molar-refractivity contribution < 1.29 is 5.11 Å². The molecule has 0 unspecified atom stereocenters. The van der Waals surface area contributed by atoms with E-state index in [9.17, 15) is 5.11 Å². The molecule has 2 aromatic carbocycles. The summed E-state index contributed by atoms with van der Waals surface area (Å²) >= 11 is 6.48. The Morgan fingerprint density at radius 1 is 1.12 bits per heavy atom. The van der Waals surface area contributed by atoms with E-state index in [1.165, 1.54) is 0 Å². The summed E-state index contributed by atoms with van der Waals surface area (Å²) in [4.78, 5) is 6.96. The molecule has 0 saturated carbocycles. The average molecular weight is 354 g/mol. The number of hydrogen-bond acceptors (Lipinski definition) is 4. The van der Waals surface area contributed by atoms with Gasteiger partial charge in [-0.2, -0.15) is 0 Å². The van der Waals surface area contributed by atoms with Crippen LogP contribution in [-0.2, 0) is 0 Å². The number of rotatable bonds is 3. The Balaban J connectivity index is 1.79. The number of phenols is 1. The first-order valence-electron chi connectivity index (χ1n) is 8.53. The zero-order chi connectivity index (χ0) is 17.4. The first kappa shape index (κ1) is 16.0. The minimum Gasteiger partial charge on any atom is -0.508 e. The SMILES string of the molecule is Cc1c(O)cc(Cl)c(Nc2ccc3ccccc3n2)c1N1CCCC1. The molecular formula is C20H20ClN3O. The van der Waals surface area contributed by atoms with Crippen molar-refractivity contribution >= 4 is 39.7 Å². The maximum absolute atomic E-state index is 10.2. The van der Waals surface area contributed by atoms with Gasteiger partial charge in [-0.05, 0) is 38.0 Å². The van der Waals surface area contributed by atoms with E-state index in [1.54, 1.807) is 6.07 Å². The molecule has 0 atom stereocenters. The molecule has 0 radical (unpaired) electrons. The molecule has 0 bridgehead atoms. The van der Waals surface area contributed by atoms with Crippen LogP contribution in [0.15, 0.2) is 42.5 Å². The number of aromatic hydroxyl groups is 1. The topological polar surface area (TPSA) is 48.4 Å². The van der Waals surface area contributed by atoms with Crippen LogP contribution in [0.3, 0.4) is 0 Å². The third-order valence-corrected chi connectivity index (χ3v) is 5.05. The fraction of sp³-hybridized carbons (Fsp3) is 0.250. The van der Waals surface area contributed by atoms with E-state index >= 15 is 0 Å². The molecule has 128 valence electrons.